The van der Waals surface area contributed by atoms with Crippen LogP contribution >= 0.6 is 0 Å². The predicted octanol–water partition coefficient (Wildman–Crippen LogP) is 2.84. The van der Waals surface area contributed by atoms with Crippen LogP contribution in [-0.2, 0) is 10.2 Å². The highest BCUT2D eigenvalue weighted by atomic mass is 16.3. The Morgan fingerprint density at radius 3 is 2.48 bits per heavy atom. The van der Waals surface area contributed by atoms with Crippen LogP contribution in [0.1, 0.15) is 56.1 Å². The largest absolute Gasteiger partial charge is 0.388 e. The molecule has 1 aromatic carbocycles. The van der Waals surface area contributed by atoms with Crippen LogP contribution < -0.4 is 5.32 Å². The molecule has 2 aliphatic carbocycles. The van der Waals surface area contributed by atoms with Crippen molar-refractivity contribution in [1.29, 1.82) is 0 Å². The average molecular weight is 287 g/mol. The second-order valence-corrected chi connectivity index (χ2v) is 6.92. The lowest BCUT2D eigenvalue weighted by Crippen LogP contribution is -2.52. The summed E-state index contributed by atoms with van der Waals surface area (Å²) in [6, 6.07) is 8.33. The van der Waals surface area contributed by atoms with Gasteiger partial charge in [0.2, 0.25) is 5.91 Å². The van der Waals surface area contributed by atoms with Gasteiger partial charge in [-0.1, -0.05) is 42.7 Å². The van der Waals surface area contributed by atoms with E-state index in [0.29, 0.717) is 6.54 Å². The van der Waals surface area contributed by atoms with Crippen LogP contribution in [0.4, 0.5) is 0 Å². The summed E-state index contributed by atoms with van der Waals surface area (Å²) in [5, 5.41) is 13.2. The Hall–Kier alpha value is -1.35. The number of aryl methyl sites for hydroxylation is 1. The Labute approximate surface area is 126 Å². The van der Waals surface area contributed by atoms with Crippen LogP contribution in [0.25, 0.3) is 0 Å². The van der Waals surface area contributed by atoms with Crippen molar-refractivity contribution in [2.75, 3.05) is 6.54 Å². The molecule has 0 aromatic heterocycles. The molecule has 0 radical (unpaired) electrons. The molecule has 2 N–H and O–H groups in total. The third-order valence-corrected chi connectivity index (χ3v) is 5.32. The molecular weight excluding hydrogens is 262 g/mol. The van der Waals surface area contributed by atoms with E-state index in [1.807, 2.05) is 6.07 Å². The van der Waals surface area contributed by atoms with E-state index in [0.717, 1.165) is 50.5 Å². The molecule has 114 valence electrons. The van der Waals surface area contributed by atoms with Crippen molar-refractivity contribution in [3.8, 4) is 0 Å². The third kappa shape index (κ3) is 2.71. The van der Waals surface area contributed by atoms with Gasteiger partial charge in [0.25, 0.3) is 0 Å². The molecule has 21 heavy (non-hydrogen) atoms. The molecule has 2 fully saturated rings. The maximum Gasteiger partial charge on any atom is 0.230 e. The molecule has 0 atom stereocenters. The third-order valence-electron chi connectivity index (χ3n) is 5.32. The lowest BCUT2D eigenvalue weighted by atomic mass is 9.76. The van der Waals surface area contributed by atoms with Crippen molar-refractivity contribution in [1.82, 2.24) is 5.32 Å². The molecule has 1 amide bonds. The second kappa shape index (κ2) is 5.45. The van der Waals surface area contributed by atoms with Gasteiger partial charge in [-0.3, -0.25) is 4.79 Å². The summed E-state index contributed by atoms with van der Waals surface area (Å²) in [6.07, 6.45) is 6.73. The van der Waals surface area contributed by atoms with Crippen molar-refractivity contribution in [2.45, 2.75) is 62.9 Å². The first-order valence-corrected chi connectivity index (χ1v) is 8.12. The van der Waals surface area contributed by atoms with E-state index in [2.05, 4.69) is 30.4 Å². The fourth-order valence-electron chi connectivity index (χ4n) is 3.74. The number of rotatable bonds is 4. The highest BCUT2D eigenvalue weighted by Crippen LogP contribution is 2.42. The fourth-order valence-corrected chi connectivity index (χ4v) is 3.74. The van der Waals surface area contributed by atoms with Gasteiger partial charge in [-0.25, -0.2) is 0 Å². The van der Waals surface area contributed by atoms with Gasteiger partial charge < -0.3 is 10.4 Å². The van der Waals surface area contributed by atoms with E-state index >= 15 is 0 Å². The SMILES string of the molecule is Cc1cccc(C2(C(=O)NCC3(O)CCC3)CCCC2)c1. The molecule has 3 rings (SSSR count). The summed E-state index contributed by atoms with van der Waals surface area (Å²) in [5.41, 5.74) is 1.30. The monoisotopic (exact) mass is 287 g/mol. The molecule has 0 aliphatic heterocycles. The molecule has 2 saturated carbocycles. The van der Waals surface area contributed by atoms with Crippen LogP contribution in [0.5, 0.6) is 0 Å². The highest BCUT2D eigenvalue weighted by Gasteiger charge is 2.44. The lowest BCUT2D eigenvalue weighted by molar-refractivity contribution is -0.129. The van der Waals surface area contributed by atoms with Crippen LogP contribution in [0, 0.1) is 6.92 Å². The Morgan fingerprint density at radius 1 is 1.19 bits per heavy atom. The molecule has 0 heterocycles. The molecule has 3 nitrogen and oxygen atoms in total. The van der Waals surface area contributed by atoms with Gasteiger partial charge in [-0.2, -0.15) is 0 Å². The first-order chi connectivity index (χ1) is 10.0. The smallest absolute Gasteiger partial charge is 0.230 e. The van der Waals surface area contributed by atoms with Gasteiger partial charge in [0.1, 0.15) is 0 Å². The number of hydrogen-bond acceptors (Lipinski definition) is 2. The summed E-state index contributed by atoms with van der Waals surface area (Å²) in [7, 11) is 0. The summed E-state index contributed by atoms with van der Waals surface area (Å²) >= 11 is 0. The first-order valence-electron chi connectivity index (χ1n) is 8.12. The lowest BCUT2D eigenvalue weighted by Gasteiger charge is -2.38. The molecule has 0 unspecified atom stereocenters. The molecular formula is C18H25NO2. The maximum absolute atomic E-state index is 12.8. The van der Waals surface area contributed by atoms with Crippen molar-refractivity contribution in [3.63, 3.8) is 0 Å². The average Bonchev–Trinajstić information content (AvgIpc) is 2.93. The van der Waals surface area contributed by atoms with Crippen molar-refractivity contribution >= 4 is 5.91 Å². The molecule has 0 bridgehead atoms. The van der Waals surface area contributed by atoms with Crippen molar-refractivity contribution < 1.29 is 9.90 Å². The Bertz CT molecular complexity index is 528. The summed E-state index contributed by atoms with van der Waals surface area (Å²) in [6.45, 7) is 2.47. The van der Waals surface area contributed by atoms with E-state index in [9.17, 15) is 9.90 Å². The normalized spacial score (nSPS) is 22.6. The number of benzene rings is 1. The number of amides is 1. The van der Waals surface area contributed by atoms with E-state index < -0.39 is 5.60 Å². The van der Waals surface area contributed by atoms with E-state index in [1.165, 1.54) is 5.56 Å². The number of carbonyl (C=O) groups is 1. The minimum atomic E-state index is -0.651. The van der Waals surface area contributed by atoms with Crippen LogP contribution in [-0.4, -0.2) is 23.2 Å². The molecule has 1 aromatic rings. The zero-order valence-electron chi connectivity index (χ0n) is 12.8. The molecule has 0 spiro atoms. The zero-order chi connectivity index (χ0) is 14.9. The number of hydrogen-bond donors (Lipinski definition) is 2. The Kier molecular flexibility index (Phi) is 3.78. The predicted molar refractivity (Wildman–Crippen MR) is 83.1 cm³/mol. The van der Waals surface area contributed by atoms with Gasteiger partial charge in [-0.05, 0) is 44.6 Å². The number of nitrogens with one attached hydrogen (secondary N) is 1. The van der Waals surface area contributed by atoms with Gasteiger partial charge in [-0.15, -0.1) is 0 Å². The van der Waals surface area contributed by atoms with Crippen LogP contribution in [0.3, 0.4) is 0 Å². The second-order valence-electron chi connectivity index (χ2n) is 6.92. The standard InChI is InChI=1S/C18H25NO2/c1-14-6-4-7-15(12-14)18(10-2-3-11-18)16(20)19-13-17(21)8-5-9-17/h4,6-7,12,21H,2-3,5,8-11,13H2,1H3,(H,19,20). The van der Waals surface area contributed by atoms with Crippen LogP contribution in [0.2, 0.25) is 0 Å². The fraction of sp³-hybridized carbons (Fsp3) is 0.611. The number of carbonyl (C=O) groups excluding carboxylic acids is 1. The summed E-state index contributed by atoms with van der Waals surface area (Å²) < 4.78 is 0. The number of aliphatic hydroxyl groups is 1. The van der Waals surface area contributed by atoms with E-state index in [1.54, 1.807) is 0 Å². The molecule has 3 heteroatoms. The maximum atomic E-state index is 12.8. The summed E-state index contributed by atoms with van der Waals surface area (Å²) in [4.78, 5) is 12.8. The minimum Gasteiger partial charge on any atom is -0.388 e. The van der Waals surface area contributed by atoms with Gasteiger partial charge in [0, 0.05) is 6.54 Å². The minimum absolute atomic E-state index is 0.103. The van der Waals surface area contributed by atoms with Gasteiger partial charge >= 0.3 is 0 Å². The zero-order valence-corrected chi connectivity index (χ0v) is 12.8. The summed E-state index contributed by atoms with van der Waals surface area (Å²) in [5.74, 6) is 0.103. The first kappa shape index (κ1) is 14.6. The molecule has 0 saturated heterocycles. The Morgan fingerprint density at radius 2 is 1.90 bits per heavy atom. The van der Waals surface area contributed by atoms with E-state index in [-0.39, 0.29) is 11.3 Å². The Balaban J connectivity index is 1.78. The molecule has 2 aliphatic rings. The van der Waals surface area contributed by atoms with Gasteiger partial charge in [0.05, 0.1) is 11.0 Å². The van der Waals surface area contributed by atoms with Crippen LogP contribution in [0.15, 0.2) is 24.3 Å². The van der Waals surface area contributed by atoms with E-state index in [4.69, 9.17) is 0 Å². The van der Waals surface area contributed by atoms with Gasteiger partial charge in [0.15, 0.2) is 0 Å². The quantitative estimate of drug-likeness (QED) is 0.894. The topological polar surface area (TPSA) is 49.3 Å². The van der Waals surface area contributed by atoms with Crippen molar-refractivity contribution in [2.24, 2.45) is 0 Å². The highest BCUT2D eigenvalue weighted by molar-refractivity contribution is 5.88. The van der Waals surface area contributed by atoms with Crippen molar-refractivity contribution in [3.05, 3.63) is 35.4 Å².